The van der Waals surface area contributed by atoms with Gasteiger partial charge in [-0.2, -0.15) is 5.10 Å². The molecule has 1 aromatic heterocycles. The molecule has 17 heavy (non-hydrogen) atoms. The van der Waals surface area contributed by atoms with Crippen molar-refractivity contribution >= 4 is 23.9 Å². The maximum Gasteiger partial charge on any atom is 0.270 e. The number of hydrogen-bond donors (Lipinski definition) is 2. The molecule has 0 spiro atoms. The van der Waals surface area contributed by atoms with Gasteiger partial charge in [-0.3, -0.25) is 15.2 Å². The Hall–Kier alpha value is -2.08. The first-order valence-electron chi connectivity index (χ1n) is 4.64. The molecule has 2 aromatic rings. The van der Waals surface area contributed by atoms with E-state index >= 15 is 0 Å². The third-order valence-corrected chi connectivity index (χ3v) is 2.32. The Labute approximate surface area is 103 Å². The lowest BCUT2D eigenvalue weighted by atomic mass is 10.1. The van der Waals surface area contributed by atoms with Gasteiger partial charge in [0.1, 0.15) is 5.82 Å². The van der Waals surface area contributed by atoms with E-state index in [1.54, 1.807) is 12.1 Å². The molecular weight excluding hydrogens is 244 g/mol. The zero-order valence-corrected chi connectivity index (χ0v) is 9.82. The van der Waals surface area contributed by atoms with Gasteiger partial charge in [-0.25, -0.2) is 0 Å². The second-order valence-corrected chi connectivity index (χ2v) is 3.46. The Balaban J connectivity index is 0.00000144. The van der Waals surface area contributed by atoms with E-state index in [0.717, 1.165) is 11.1 Å². The van der Waals surface area contributed by atoms with Gasteiger partial charge in [-0.05, 0) is 12.5 Å². The van der Waals surface area contributed by atoms with Gasteiger partial charge in [-0.15, -0.1) is 12.4 Å². The fourth-order valence-corrected chi connectivity index (χ4v) is 1.49. The molecule has 0 fully saturated rings. The Morgan fingerprint density at radius 2 is 2.12 bits per heavy atom. The van der Waals surface area contributed by atoms with Crippen molar-refractivity contribution in [3.05, 3.63) is 39.9 Å². The minimum atomic E-state index is -0.428. The van der Waals surface area contributed by atoms with E-state index < -0.39 is 4.92 Å². The average Bonchev–Trinajstić information content (AvgIpc) is 2.65. The summed E-state index contributed by atoms with van der Waals surface area (Å²) in [5.41, 5.74) is 7.88. The molecule has 6 nitrogen and oxygen atoms in total. The third-order valence-electron chi connectivity index (χ3n) is 2.32. The summed E-state index contributed by atoms with van der Waals surface area (Å²) in [6.45, 7) is 1.87. The Morgan fingerprint density at radius 1 is 1.41 bits per heavy atom. The number of halogens is 1. The first kappa shape index (κ1) is 13.0. The molecule has 0 atom stereocenters. The van der Waals surface area contributed by atoms with Crippen LogP contribution in [-0.4, -0.2) is 15.1 Å². The fourth-order valence-electron chi connectivity index (χ4n) is 1.49. The largest absolute Gasteiger partial charge is 0.382 e. The summed E-state index contributed by atoms with van der Waals surface area (Å²) < 4.78 is 0. The number of nitrogens with zero attached hydrogens (tertiary/aromatic N) is 2. The number of aromatic amines is 1. The molecule has 1 aromatic carbocycles. The summed E-state index contributed by atoms with van der Waals surface area (Å²) in [6.07, 6.45) is 0. The molecule has 0 saturated carbocycles. The van der Waals surface area contributed by atoms with Gasteiger partial charge in [0.2, 0.25) is 0 Å². The molecule has 0 unspecified atom stereocenters. The number of benzene rings is 1. The minimum absolute atomic E-state index is 0. The lowest BCUT2D eigenvalue weighted by Crippen LogP contribution is -1.90. The average molecular weight is 255 g/mol. The van der Waals surface area contributed by atoms with E-state index in [9.17, 15) is 10.1 Å². The predicted molar refractivity (Wildman–Crippen MR) is 67.1 cm³/mol. The van der Waals surface area contributed by atoms with E-state index in [4.69, 9.17) is 5.73 Å². The summed E-state index contributed by atoms with van der Waals surface area (Å²) in [5, 5.41) is 17.2. The number of nitrogens with one attached hydrogen (secondary N) is 1. The second-order valence-electron chi connectivity index (χ2n) is 3.46. The number of rotatable bonds is 2. The van der Waals surface area contributed by atoms with Crippen LogP contribution in [0.4, 0.5) is 11.5 Å². The molecule has 90 valence electrons. The van der Waals surface area contributed by atoms with Crippen molar-refractivity contribution in [3.63, 3.8) is 0 Å². The molecule has 0 radical (unpaired) electrons. The normalized spacial score (nSPS) is 9.71. The van der Waals surface area contributed by atoms with Crippen molar-refractivity contribution in [1.29, 1.82) is 0 Å². The molecule has 0 amide bonds. The molecular formula is C10H11ClN4O2. The maximum atomic E-state index is 10.7. The number of H-pyrrole nitrogens is 1. The fraction of sp³-hybridized carbons (Fsp3) is 0.100. The van der Waals surface area contributed by atoms with Crippen molar-refractivity contribution in [2.75, 3.05) is 5.73 Å². The molecule has 3 N–H and O–H groups in total. The van der Waals surface area contributed by atoms with E-state index in [-0.39, 0.29) is 18.1 Å². The number of aryl methyl sites for hydroxylation is 1. The summed E-state index contributed by atoms with van der Waals surface area (Å²) in [5.74, 6) is 0.362. The van der Waals surface area contributed by atoms with Crippen LogP contribution in [0, 0.1) is 17.0 Å². The number of anilines is 1. The van der Waals surface area contributed by atoms with Crippen LogP contribution in [-0.2, 0) is 0 Å². The minimum Gasteiger partial charge on any atom is -0.382 e. The lowest BCUT2D eigenvalue weighted by Gasteiger charge is -2.02. The van der Waals surface area contributed by atoms with Crippen LogP contribution >= 0.6 is 12.4 Å². The van der Waals surface area contributed by atoms with Crippen molar-refractivity contribution in [2.24, 2.45) is 0 Å². The molecule has 0 aliphatic heterocycles. The van der Waals surface area contributed by atoms with Crippen LogP contribution in [0.5, 0.6) is 0 Å². The molecule has 0 aliphatic rings. The second kappa shape index (κ2) is 4.84. The van der Waals surface area contributed by atoms with E-state index in [2.05, 4.69) is 10.2 Å². The zero-order chi connectivity index (χ0) is 11.7. The Bertz CT molecular complexity index is 553. The maximum absolute atomic E-state index is 10.7. The molecule has 0 aliphatic carbocycles. The standard InChI is InChI=1S/C10H10N4O2.ClH/c1-6-2-3-7(14(15)16)4-8(6)9-5-10(11)13-12-9;/h2-5H,1H3,(H3,11,12,13);1H. The van der Waals surface area contributed by atoms with Gasteiger partial charge in [0.25, 0.3) is 5.69 Å². The molecule has 0 bridgehead atoms. The van der Waals surface area contributed by atoms with Crippen LogP contribution in [0.1, 0.15) is 5.56 Å². The summed E-state index contributed by atoms with van der Waals surface area (Å²) in [4.78, 5) is 10.2. The first-order valence-corrected chi connectivity index (χ1v) is 4.64. The topological polar surface area (TPSA) is 97.8 Å². The van der Waals surface area contributed by atoms with Gasteiger partial charge in [0.15, 0.2) is 0 Å². The highest BCUT2D eigenvalue weighted by Gasteiger charge is 2.11. The number of nitrogens with two attached hydrogens (primary N) is 1. The number of nitrogen functional groups attached to an aromatic ring is 1. The van der Waals surface area contributed by atoms with Crippen molar-refractivity contribution in [3.8, 4) is 11.3 Å². The highest BCUT2D eigenvalue weighted by Crippen LogP contribution is 2.26. The smallest absolute Gasteiger partial charge is 0.270 e. The third kappa shape index (κ3) is 2.54. The van der Waals surface area contributed by atoms with E-state index in [0.29, 0.717) is 11.5 Å². The molecule has 1 heterocycles. The van der Waals surface area contributed by atoms with Gasteiger partial charge in [0.05, 0.1) is 10.6 Å². The van der Waals surface area contributed by atoms with Crippen molar-refractivity contribution in [2.45, 2.75) is 6.92 Å². The highest BCUT2D eigenvalue weighted by molar-refractivity contribution is 5.85. The molecule has 7 heteroatoms. The van der Waals surface area contributed by atoms with Crippen LogP contribution in [0.15, 0.2) is 24.3 Å². The Morgan fingerprint density at radius 3 is 2.65 bits per heavy atom. The van der Waals surface area contributed by atoms with Crippen LogP contribution in [0.25, 0.3) is 11.3 Å². The van der Waals surface area contributed by atoms with Gasteiger partial charge < -0.3 is 5.73 Å². The van der Waals surface area contributed by atoms with Crippen LogP contribution in [0.2, 0.25) is 0 Å². The molecule has 2 rings (SSSR count). The van der Waals surface area contributed by atoms with Crippen LogP contribution in [0.3, 0.4) is 0 Å². The summed E-state index contributed by atoms with van der Waals surface area (Å²) >= 11 is 0. The number of nitro groups is 1. The SMILES string of the molecule is Cc1ccc([N+](=O)[O-])cc1-c1cc(N)n[nH]1.Cl. The number of aromatic nitrogens is 2. The number of non-ortho nitro benzene ring substituents is 1. The lowest BCUT2D eigenvalue weighted by molar-refractivity contribution is -0.384. The van der Waals surface area contributed by atoms with Crippen molar-refractivity contribution in [1.82, 2.24) is 10.2 Å². The van der Waals surface area contributed by atoms with Gasteiger partial charge in [-0.1, -0.05) is 6.07 Å². The first-order chi connectivity index (χ1) is 7.58. The zero-order valence-electron chi connectivity index (χ0n) is 9.01. The monoisotopic (exact) mass is 254 g/mol. The molecule has 0 saturated heterocycles. The summed E-state index contributed by atoms with van der Waals surface area (Å²) in [7, 11) is 0. The Kier molecular flexibility index (Phi) is 3.69. The van der Waals surface area contributed by atoms with E-state index in [1.165, 1.54) is 12.1 Å². The number of hydrogen-bond acceptors (Lipinski definition) is 4. The summed E-state index contributed by atoms with van der Waals surface area (Å²) in [6, 6.07) is 6.32. The van der Waals surface area contributed by atoms with Crippen molar-refractivity contribution < 1.29 is 4.92 Å². The predicted octanol–water partition coefficient (Wildman–Crippen LogP) is 2.30. The quantitative estimate of drug-likeness (QED) is 0.635. The van der Waals surface area contributed by atoms with E-state index in [1.807, 2.05) is 6.92 Å². The highest BCUT2D eigenvalue weighted by atomic mass is 35.5. The number of nitro benzene ring substituents is 1. The van der Waals surface area contributed by atoms with Gasteiger partial charge in [0, 0.05) is 23.8 Å². The van der Waals surface area contributed by atoms with Gasteiger partial charge >= 0.3 is 0 Å². The van der Waals surface area contributed by atoms with Crippen LogP contribution < -0.4 is 5.73 Å².